The smallest absolute Gasteiger partial charge is 0.423 e. The Morgan fingerprint density at radius 3 is 2.73 bits per heavy atom. The molecule has 0 saturated heterocycles. The van der Waals surface area contributed by atoms with E-state index in [1.54, 1.807) is 0 Å². The molecule has 1 aromatic carbocycles. The number of rotatable bonds is 1. The van der Waals surface area contributed by atoms with E-state index in [4.69, 9.17) is 10.4 Å². The average molecular weight is 228 g/mol. The molecule has 0 spiro atoms. The SMILES string of the molecule is CC1(C)OB(O)c2cc(CN)ccc21.Cl. The van der Waals surface area contributed by atoms with Crippen molar-refractivity contribution in [3.63, 3.8) is 0 Å². The molecule has 0 aromatic heterocycles. The zero-order valence-corrected chi connectivity index (χ0v) is 9.67. The van der Waals surface area contributed by atoms with Crippen LogP contribution in [0, 0.1) is 0 Å². The quantitative estimate of drug-likeness (QED) is 0.688. The third-order valence-electron chi connectivity index (χ3n) is 2.67. The summed E-state index contributed by atoms with van der Waals surface area (Å²) in [6, 6.07) is 5.87. The van der Waals surface area contributed by atoms with E-state index in [0.29, 0.717) is 6.54 Å². The van der Waals surface area contributed by atoms with Crippen LogP contribution in [-0.4, -0.2) is 12.1 Å². The molecule has 0 amide bonds. The lowest BCUT2D eigenvalue weighted by molar-refractivity contribution is 0.101. The van der Waals surface area contributed by atoms with Crippen molar-refractivity contribution < 1.29 is 9.68 Å². The molecular formula is C10H15BClNO2. The summed E-state index contributed by atoms with van der Waals surface area (Å²) >= 11 is 0. The first-order valence-electron chi connectivity index (χ1n) is 4.74. The number of nitrogens with two attached hydrogens (primary N) is 1. The second kappa shape index (κ2) is 4.14. The zero-order chi connectivity index (χ0) is 10.3. The van der Waals surface area contributed by atoms with Gasteiger partial charge in [-0.2, -0.15) is 0 Å². The third-order valence-corrected chi connectivity index (χ3v) is 2.67. The predicted molar refractivity (Wildman–Crippen MR) is 63.3 cm³/mol. The van der Waals surface area contributed by atoms with Gasteiger partial charge < -0.3 is 15.4 Å². The van der Waals surface area contributed by atoms with Gasteiger partial charge in [0.2, 0.25) is 0 Å². The maximum absolute atomic E-state index is 9.67. The molecule has 2 rings (SSSR count). The first-order chi connectivity index (χ1) is 6.54. The van der Waals surface area contributed by atoms with Gasteiger partial charge in [-0.15, -0.1) is 12.4 Å². The molecule has 0 unspecified atom stereocenters. The fourth-order valence-electron chi connectivity index (χ4n) is 1.90. The molecule has 0 fully saturated rings. The molecule has 0 bridgehead atoms. The molecule has 3 nitrogen and oxygen atoms in total. The van der Waals surface area contributed by atoms with Crippen LogP contribution in [0.25, 0.3) is 0 Å². The van der Waals surface area contributed by atoms with Gasteiger partial charge in [0.1, 0.15) is 0 Å². The summed E-state index contributed by atoms with van der Waals surface area (Å²) in [5, 5.41) is 9.67. The fourth-order valence-corrected chi connectivity index (χ4v) is 1.90. The Morgan fingerprint density at radius 2 is 2.13 bits per heavy atom. The number of hydrogen-bond donors (Lipinski definition) is 2. The highest BCUT2D eigenvalue weighted by Gasteiger charge is 2.40. The van der Waals surface area contributed by atoms with Crippen LogP contribution in [0.1, 0.15) is 25.0 Å². The Bertz CT molecular complexity index is 370. The number of hydrogen-bond acceptors (Lipinski definition) is 3. The molecule has 15 heavy (non-hydrogen) atoms. The average Bonchev–Trinajstić information content (AvgIpc) is 2.37. The zero-order valence-electron chi connectivity index (χ0n) is 8.86. The van der Waals surface area contributed by atoms with E-state index < -0.39 is 12.7 Å². The minimum Gasteiger partial charge on any atom is -0.423 e. The molecule has 82 valence electrons. The van der Waals surface area contributed by atoms with Gasteiger partial charge in [0.05, 0.1) is 5.60 Å². The summed E-state index contributed by atoms with van der Waals surface area (Å²) in [6.45, 7) is 4.38. The molecule has 1 heterocycles. The number of benzene rings is 1. The van der Waals surface area contributed by atoms with Crippen molar-refractivity contribution in [2.45, 2.75) is 26.0 Å². The Morgan fingerprint density at radius 1 is 1.47 bits per heavy atom. The maximum Gasteiger partial charge on any atom is 0.492 e. The Hall–Kier alpha value is -0.545. The van der Waals surface area contributed by atoms with Crippen LogP contribution in [0.2, 0.25) is 0 Å². The lowest BCUT2D eigenvalue weighted by Crippen LogP contribution is -2.29. The van der Waals surface area contributed by atoms with Crippen molar-refractivity contribution in [2.24, 2.45) is 5.73 Å². The van der Waals surface area contributed by atoms with Gasteiger partial charge in [0.15, 0.2) is 0 Å². The first-order valence-corrected chi connectivity index (χ1v) is 4.74. The van der Waals surface area contributed by atoms with Crippen LogP contribution >= 0.6 is 12.4 Å². The van der Waals surface area contributed by atoms with E-state index in [0.717, 1.165) is 16.6 Å². The number of halogens is 1. The molecule has 1 aliphatic heterocycles. The van der Waals surface area contributed by atoms with Crippen molar-refractivity contribution >= 4 is 25.0 Å². The second-order valence-electron chi connectivity index (χ2n) is 4.11. The van der Waals surface area contributed by atoms with Crippen LogP contribution in [0.5, 0.6) is 0 Å². The standard InChI is InChI=1S/C10H14BNO2.ClH/c1-10(2)8-4-3-7(6-12)5-9(8)11(13)14-10;/h3-5,13H,6,12H2,1-2H3;1H. The van der Waals surface area contributed by atoms with E-state index in [1.807, 2.05) is 32.0 Å². The monoisotopic (exact) mass is 227 g/mol. The van der Waals surface area contributed by atoms with Gasteiger partial charge in [-0.1, -0.05) is 18.2 Å². The predicted octanol–water partition coefficient (Wildman–Crippen LogP) is 0.520. The lowest BCUT2D eigenvalue weighted by atomic mass is 9.77. The van der Waals surface area contributed by atoms with Crippen molar-refractivity contribution in [1.29, 1.82) is 0 Å². The molecule has 5 heteroatoms. The van der Waals surface area contributed by atoms with E-state index in [2.05, 4.69) is 0 Å². The van der Waals surface area contributed by atoms with Crippen molar-refractivity contribution in [2.75, 3.05) is 0 Å². The topological polar surface area (TPSA) is 55.5 Å². The van der Waals surface area contributed by atoms with E-state index in [1.165, 1.54) is 0 Å². The molecule has 0 radical (unpaired) electrons. The van der Waals surface area contributed by atoms with E-state index in [9.17, 15) is 5.02 Å². The fraction of sp³-hybridized carbons (Fsp3) is 0.400. The van der Waals surface area contributed by atoms with E-state index >= 15 is 0 Å². The molecule has 0 aliphatic carbocycles. The summed E-state index contributed by atoms with van der Waals surface area (Å²) in [7, 11) is -0.813. The van der Waals surface area contributed by atoms with Gasteiger partial charge in [-0.25, -0.2) is 0 Å². The van der Waals surface area contributed by atoms with Crippen LogP contribution in [-0.2, 0) is 16.8 Å². The minimum atomic E-state index is -0.813. The number of fused-ring (bicyclic) bond motifs is 1. The van der Waals surface area contributed by atoms with Crippen LogP contribution in [0.15, 0.2) is 18.2 Å². The second-order valence-corrected chi connectivity index (χ2v) is 4.11. The summed E-state index contributed by atoms with van der Waals surface area (Å²) in [4.78, 5) is 0. The van der Waals surface area contributed by atoms with Crippen molar-refractivity contribution in [3.8, 4) is 0 Å². The summed E-state index contributed by atoms with van der Waals surface area (Å²) < 4.78 is 5.43. The molecule has 0 saturated carbocycles. The summed E-state index contributed by atoms with van der Waals surface area (Å²) in [6.07, 6.45) is 0. The lowest BCUT2D eigenvalue weighted by Gasteiger charge is -2.19. The maximum atomic E-state index is 9.67. The van der Waals surface area contributed by atoms with Crippen LogP contribution in [0.3, 0.4) is 0 Å². The largest absolute Gasteiger partial charge is 0.492 e. The van der Waals surface area contributed by atoms with E-state index in [-0.39, 0.29) is 12.4 Å². The Balaban J connectivity index is 0.00000112. The Labute approximate surface area is 96.2 Å². The molecule has 1 aromatic rings. The molecular weight excluding hydrogens is 212 g/mol. The van der Waals surface area contributed by atoms with Crippen molar-refractivity contribution in [1.82, 2.24) is 0 Å². The highest BCUT2D eigenvalue weighted by molar-refractivity contribution is 6.62. The first kappa shape index (κ1) is 12.5. The third kappa shape index (κ3) is 2.03. The van der Waals surface area contributed by atoms with Crippen LogP contribution in [0.4, 0.5) is 0 Å². The minimum absolute atomic E-state index is 0. The Kier molecular flexibility index (Phi) is 3.46. The van der Waals surface area contributed by atoms with Gasteiger partial charge in [0.25, 0.3) is 0 Å². The molecule has 3 N–H and O–H groups in total. The van der Waals surface area contributed by atoms with Crippen LogP contribution < -0.4 is 11.2 Å². The molecule has 0 atom stereocenters. The highest BCUT2D eigenvalue weighted by Crippen LogP contribution is 2.29. The molecule has 1 aliphatic rings. The summed E-state index contributed by atoms with van der Waals surface area (Å²) in [5.74, 6) is 0. The van der Waals surface area contributed by atoms with Gasteiger partial charge in [-0.05, 0) is 30.4 Å². The van der Waals surface area contributed by atoms with Crippen molar-refractivity contribution in [3.05, 3.63) is 29.3 Å². The van der Waals surface area contributed by atoms with Gasteiger partial charge >= 0.3 is 7.12 Å². The normalized spacial score (nSPS) is 17.2. The summed E-state index contributed by atoms with van der Waals surface area (Å²) in [5.41, 5.74) is 8.04. The highest BCUT2D eigenvalue weighted by atomic mass is 35.5. The van der Waals surface area contributed by atoms with Gasteiger partial charge in [0, 0.05) is 6.54 Å². The van der Waals surface area contributed by atoms with Gasteiger partial charge in [-0.3, -0.25) is 0 Å².